The van der Waals surface area contributed by atoms with Crippen molar-refractivity contribution in [2.24, 2.45) is 0 Å². The standard InChI is InChI=1S/C12H21NO5S/c1-3-18-12(15)8-10(2)19(16,17)9-11(14)13-6-4-5-7-13/h10H,3-9H2,1-2H3. The monoisotopic (exact) mass is 291 g/mol. The van der Waals surface area contributed by atoms with Crippen LogP contribution in [0.4, 0.5) is 0 Å². The fourth-order valence-corrected chi connectivity index (χ4v) is 3.16. The average Bonchev–Trinajstić information content (AvgIpc) is 2.81. The second-order valence-corrected chi connectivity index (χ2v) is 7.13. The molecule has 1 fully saturated rings. The van der Waals surface area contributed by atoms with Crippen LogP contribution in [0.25, 0.3) is 0 Å². The number of likely N-dealkylation sites (tertiary alicyclic amines) is 1. The van der Waals surface area contributed by atoms with Crippen molar-refractivity contribution in [1.82, 2.24) is 4.90 Å². The van der Waals surface area contributed by atoms with Crippen LogP contribution in [0, 0.1) is 0 Å². The highest BCUT2D eigenvalue weighted by Crippen LogP contribution is 2.12. The molecule has 1 heterocycles. The van der Waals surface area contributed by atoms with Gasteiger partial charge in [0.2, 0.25) is 5.91 Å². The van der Waals surface area contributed by atoms with E-state index in [-0.39, 0.29) is 18.9 Å². The Kier molecular flexibility index (Phi) is 5.78. The Morgan fingerprint density at radius 2 is 1.84 bits per heavy atom. The first-order valence-corrected chi connectivity index (χ1v) is 8.23. The van der Waals surface area contributed by atoms with Crippen LogP contribution in [-0.2, 0) is 24.2 Å². The van der Waals surface area contributed by atoms with Gasteiger partial charge < -0.3 is 9.64 Å². The lowest BCUT2D eigenvalue weighted by molar-refractivity contribution is -0.143. The molecule has 1 aliphatic rings. The number of carbonyl (C=O) groups excluding carboxylic acids is 2. The third-order valence-corrected chi connectivity index (χ3v) is 5.20. The van der Waals surface area contributed by atoms with Crippen molar-refractivity contribution in [3.8, 4) is 0 Å². The quantitative estimate of drug-likeness (QED) is 0.660. The summed E-state index contributed by atoms with van der Waals surface area (Å²) in [7, 11) is -3.60. The Balaban J connectivity index is 2.54. The fourth-order valence-electron chi connectivity index (χ4n) is 1.95. The number of hydrogen-bond acceptors (Lipinski definition) is 5. The van der Waals surface area contributed by atoms with Gasteiger partial charge in [-0.1, -0.05) is 0 Å². The summed E-state index contributed by atoms with van der Waals surface area (Å²) in [6.07, 6.45) is 1.64. The molecule has 110 valence electrons. The third-order valence-electron chi connectivity index (χ3n) is 3.16. The second-order valence-electron chi connectivity index (χ2n) is 4.71. The summed E-state index contributed by atoms with van der Waals surface area (Å²) in [4.78, 5) is 24.6. The topological polar surface area (TPSA) is 80.8 Å². The number of carbonyl (C=O) groups is 2. The maximum atomic E-state index is 12.0. The predicted octanol–water partition coefficient (Wildman–Crippen LogP) is 0.365. The molecular formula is C12H21NO5S. The Morgan fingerprint density at radius 3 is 2.37 bits per heavy atom. The van der Waals surface area contributed by atoms with Crippen LogP contribution < -0.4 is 0 Å². The normalized spacial score (nSPS) is 17.3. The van der Waals surface area contributed by atoms with E-state index in [2.05, 4.69) is 0 Å². The van der Waals surface area contributed by atoms with Gasteiger partial charge >= 0.3 is 5.97 Å². The maximum Gasteiger partial charge on any atom is 0.307 e. The molecule has 1 saturated heterocycles. The first kappa shape index (κ1) is 15.9. The summed E-state index contributed by atoms with van der Waals surface area (Å²) in [6.45, 7) is 4.57. The van der Waals surface area contributed by atoms with Crippen LogP contribution in [-0.4, -0.2) is 55.9 Å². The molecule has 1 unspecified atom stereocenters. The van der Waals surface area contributed by atoms with Crippen molar-refractivity contribution in [1.29, 1.82) is 0 Å². The van der Waals surface area contributed by atoms with Gasteiger partial charge in [-0.25, -0.2) is 8.42 Å². The molecule has 19 heavy (non-hydrogen) atoms. The summed E-state index contributed by atoms with van der Waals surface area (Å²) in [5.41, 5.74) is 0. The molecule has 1 amide bonds. The number of hydrogen-bond donors (Lipinski definition) is 0. The molecule has 0 aromatic carbocycles. The SMILES string of the molecule is CCOC(=O)CC(C)S(=O)(=O)CC(=O)N1CCCC1. The smallest absolute Gasteiger partial charge is 0.307 e. The van der Waals surface area contributed by atoms with E-state index >= 15 is 0 Å². The molecule has 0 N–H and O–H groups in total. The molecule has 6 nitrogen and oxygen atoms in total. The van der Waals surface area contributed by atoms with Gasteiger partial charge in [-0.15, -0.1) is 0 Å². The van der Waals surface area contributed by atoms with Crippen LogP contribution in [0.5, 0.6) is 0 Å². The predicted molar refractivity (Wildman–Crippen MR) is 70.3 cm³/mol. The number of nitrogens with zero attached hydrogens (tertiary/aromatic N) is 1. The van der Waals surface area contributed by atoms with Gasteiger partial charge in [0.05, 0.1) is 18.3 Å². The molecule has 0 saturated carbocycles. The third kappa shape index (κ3) is 4.81. The number of amides is 1. The minimum absolute atomic E-state index is 0.205. The van der Waals surface area contributed by atoms with Crippen molar-refractivity contribution >= 4 is 21.7 Å². The van der Waals surface area contributed by atoms with E-state index in [1.54, 1.807) is 11.8 Å². The summed E-state index contributed by atoms with van der Waals surface area (Å²) in [5.74, 6) is -1.44. The first-order chi connectivity index (χ1) is 8.86. The zero-order chi connectivity index (χ0) is 14.5. The van der Waals surface area contributed by atoms with Crippen LogP contribution in [0.15, 0.2) is 0 Å². The minimum Gasteiger partial charge on any atom is -0.466 e. The molecule has 0 spiro atoms. The van der Waals surface area contributed by atoms with Crippen molar-refractivity contribution < 1.29 is 22.7 Å². The Labute approximate surface area is 114 Å². The largest absolute Gasteiger partial charge is 0.466 e. The van der Waals surface area contributed by atoms with Crippen molar-refractivity contribution in [3.05, 3.63) is 0 Å². The van der Waals surface area contributed by atoms with Gasteiger partial charge in [0.1, 0.15) is 5.75 Å². The Hall–Kier alpha value is -1.11. The molecule has 1 atom stereocenters. The van der Waals surface area contributed by atoms with Gasteiger partial charge in [0.25, 0.3) is 0 Å². The lowest BCUT2D eigenvalue weighted by Gasteiger charge is -2.17. The van der Waals surface area contributed by atoms with Crippen LogP contribution in [0.3, 0.4) is 0 Å². The van der Waals surface area contributed by atoms with E-state index in [0.29, 0.717) is 13.1 Å². The van der Waals surface area contributed by atoms with E-state index in [4.69, 9.17) is 4.74 Å². The summed E-state index contributed by atoms with van der Waals surface area (Å²) in [6, 6.07) is 0. The molecule has 1 rings (SSSR count). The van der Waals surface area contributed by atoms with Crippen molar-refractivity contribution in [3.63, 3.8) is 0 Å². The van der Waals surface area contributed by atoms with Crippen molar-refractivity contribution in [2.45, 2.75) is 38.4 Å². The van der Waals surface area contributed by atoms with Gasteiger partial charge in [-0.05, 0) is 26.7 Å². The highest BCUT2D eigenvalue weighted by molar-refractivity contribution is 7.92. The average molecular weight is 291 g/mol. The number of ether oxygens (including phenoxy) is 1. The van der Waals surface area contributed by atoms with Gasteiger partial charge in [0, 0.05) is 13.1 Å². The van der Waals surface area contributed by atoms with Gasteiger partial charge in [0.15, 0.2) is 9.84 Å². The number of sulfone groups is 1. The molecule has 0 bridgehead atoms. The van der Waals surface area contributed by atoms with E-state index in [1.165, 1.54) is 6.92 Å². The maximum absolute atomic E-state index is 12.0. The second kappa shape index (κ2) is 6.88. The molecule has 7 heteroatoms. The molecule has 0 aliphatic carbocycles. The molecule has 0 aromatic rings. The highest BCUT2D eigenvalue weighted by Gasteiger charge is 2.29. The number of rotatable bonds is 6. The first-order valence-electron chi connectivity index (χ1n) is 6.51. The van der Waals surface area contributed by atoms with Crippen LogP contribution in [0.1, 0.15) is 33.1 Å². The summed E-state index contributed by atoms with van der Waals surface area (Å²) in [5, 5.41) is -0.891. The summed E-state index contributed by atoms with van der Waals surface area (Å²) < 4.78 is 28.7. The zero-order valence-electron chi connectivity index (χ0n) is 11.4. The van der Waals surface area contributed by atoms with E-state index in [9.17, 15) is 18.0 Å². The lowest BCUT2D eigenvalue weighted by atomic mass is 10.3. The molecule has 1 aliphatic heterocycles. The highest BCUT2D eigenvalue weighted by atomic mass is 32.2. The Morgan fingerprint density at radius 1 is 1.26 bits per heavy atom. The molecule has 0 aromatic heterocycles. The van der Waals surface area contributed by atoms with Crippen LogP contribution in [0.2, 0.25) is 0 Å². The minimum atomic E-state index is -3.60. The van der Waals surface area contributed by atoms with Crippen LogP contribution >= 0.6 is 0 Å². The van der Waals surface area contributed by atoms with E-state index < -0.39 is 26.8 Å². The summed E-state index contributed by atoms with van der Waals surface area (Å²) >= 11 is 0. The molecule has 0 radical (unpaired) electrons. The fraction of sp³-hybridized carbons (Fsp3) is 0.833. The van der Waals surface area contributed by atoms with Gasteiger partial charge in [-0.3, -0.25) is 9.59 Å². The lowest BCUT2D eigenvalue weighted by Crippen LogP contribution is -2.36. The van der Waals surface area contributed by atoms with Gasteiger partial charge in [-0.2, -0.15) is 0 Å². The zero-order valence-corrected chi connectivity index (χ0v) is 12.2. The Bertz CT molecular complexity index is 425. The van der Waals surface area contributed by atoms with Crippen molar-refractivity contribution in [2.75, 3.05) is 25.4 Å². The molecular weight excluding hydrogens is 270 g/mol. The van der Waals surface area contributed by atoms with E-state index in [0.717, 1.165) is 12.8 Å². The van der Waals surface area contributed by atoms with E-state index in [1.807, 2.05) is 0 Å². The number of esters is 1.